The molecule has 0 aliphatic heterocycles. The molecule has 0 unspecified atom stereocenters. The van der Waals surface area contributed by atoms with Gasteiger partial charge in [0.05, 0.1) is 11.4 Å². The zero-order valence-electron chi connectivity index (χ0n) is 27.4. The highest BCUT2D eigenvalue weighted by Gasteiger charge is 2.38. The van der Waals surface area contributed by atoms with Crippen LogP contribution in [0.25, 0.3) is 78.1 Å². The van der Waals surface area contributed by atoms with Crippen LogP contribution in [0.1, 0.15) is 25.0 Å². The molecule has 0 saturated heterocycles. The van der Waals surface area contributed by atoms with Crippen molar-refractivity contribution in [2.45, 2.75) is 19.3 Å². The van der Waals surface area contributed by atoms with Crippen LogP contribution in [0.15, 0.2) is 164 Å². The standard InChI is InChI=1S/C46H33N3/c1-46(2)40-22-10-21-37(43(40)39-24-23-31-14-6-7-20-38(31)44(39)46)33-16-9-17-34(27-33)41-28-42(36-19-11-25-47-29-36)49-45(48-41)35-18-8-15-32(26-35)30-12-4-3-5-13-30/h3-29H,1-2H3. The second-order valence-electron chi connectivity index (χ2n) is 13.3. The Hall–Kier alpha value is -6.19. The molecule has 0 N–H and O–H groups in total. The smallest absolute Gasteiger partial charge is 0.160 e. The lowest BCUT2D eigenvalue weighted by molar-refractivity contribution is 0.666. The third kappa shape index (κ3) is 4.94. The molecule has 2 aromatic heterocycles. The summed E-state index contributed by atoms with van der Waals surface area (Å²) in [7, 11) is 0. The molecule has 1 aliphatic carbocycles. The van der Waals surface area contributed by atoms with Crippen molar-refractivity contribution < 1.29 is 0 Å². The van der Waals surface area contributed by atoms with Crippen LogP contribution in [0.4, 0.5) is 0 Å². The van der Waals surface area contributed by atoms with Gasteiger partial charge >= 0.3 is 0 Å². The van der Waals surface area contributed by atoms with Gasteiger partial charge in [0.1, 0.15) is 0 Å². The third-order valence-corrected chi connectivity index (χ3v) is 9.94. The zero-order valence-corrected chi connectivity index (χ0v) is 27.4. The first kappa shape index (κ1) is 29.0. The van der Waals surface area contributed by atoms with E-state index in [-0.39, 0.29) is 5.41 Å². The molecular formula is C46H33N3. The molecule has 0 fully saturated rings. The topological polar surface area (TPSA) is 38.7 Å². The molecule has 2 heterocycles. The van der Waals surface area contributed by atoms with Gasteiger partial charge in [-0.1, -0.05) is 135 Å². The van der Waals surface area contributed by atoms with Crippen LogP contribution >= 0.6 is 0 Å². The molecule has 6 aromatic carbocycles. The molecule has 8 aromatic rings. The van der Waals surface area contributed by atoms with Crippen molar-refractivity contribution in [2.75, 3.05) is 0 Å². The van der Waals surface area contributed by atoms with E-state index in [9.17, 15) is 0 Å². The Morgan fingerprint density at radius 1 is 0.469 bits per heavy atom. The van der Waals surface area contributed by atoms with Gasteiger partial charge in [-0.15, -0.1) is 0 Å². The van der Waals surface area contributed by atoms with Crippen molar-refractivity contribution in [2.24, 2.45) is 0 Å². The lowest BCUT2D eigenvalue weighted by Crippen LogP contribution is -2.15. The zero-order chi connectivity index (χ0) is 33.0. The van der Waals surface area contributed by atoms with Crippen LogP contribution in [-0.4, -0.2) is 15.0 Å². The molecule has 3 heteroatoms. The summed E-state index contributed by atoms with van der Waals surface area (Å²) < 4.78 is 0. The SMILES string of the molecule is CC1(C)c2cccc(-c3cccc(-c4cc(-c5cccnc5)nc(-c5cccc(-c6ccccc6)c5)n4)c3)c2-c2ccc3ccccc3c21. The van der Waals surface area contributed by atoms with E-state index in [4.69, 9.17) is 9.97 Å². The van der Waals surface area contributed by atoms with Gasteiger partial charge in [-0.05, 0) is 85.6 Å². The lowest BCUT2D eigenvalue weighted by atomic mass is 9.80. The van der Waals surface area contributed by atoms with Crippen molar-refractivity contribution in [3.63, 3.8) is 0 Å². The van der Waals surface area contributed by atoms with Crippen molar-refractivity contribution in [1.82, 2.24) is 15.0 Å². The number of rotatable bonds is 5. The van der Waals surface area contributed by atoms with E-state index >= 15 is 0 Å². The molecule has 49 heavy (non-hydrogen) atoms. The van der Waals surface area contributed by atoms with Crippen LogP contribution in [0.5, 0.6) is 0 Å². The molecule has 0 bridgehead atoms. The molecule has 3 nitrogen and oxygen atoms in total. The van der Waals surface area contributed by atoms with Crippen molar-refractivity contribution >= 4 is 10.8 Å². The Balaban J connectivity index is 1.20. The number of aromatic nitrogens is 3. The number of pyridine rings is 1. The number of hydrogen-bond donors (Lipinski definition) is 0. The molecule has 0 spiro atoms. The van der Waals surface area contributed by atoms with E-state index in [2.05, 4.69) is 158 Å². The van der Waals surface area contributed by atoms with Crippen LogP contribution in [0.2, 0.25) is 0 Å². The first-order valence-corrected chi connectivity index (χ1v) is 16.8. The predicted molar refractivity (Wildman–Crippen MR) is 202 cm³/mol. The van der Waals surface area contributed by atoms with Gasteiger partial charge < -0.3 is 0 Å². The summed E-state index contributed by atoms with van der Waals surface area (Å²) in [4.78, 5) is 14.7. The van der Waals surface area contributed by atoms with Crippen LogP contribution in [-0.2, 0) is 5.41 Å². The monoisotopic (exact) mass is 627 g/mol. The quantitative estimate of drug-likeness (QED) is 0.191. The molecule has 0 saturated carbocycles. The normalized spacial score (nSPS) is 12.9. The van der Waals surface area contributed by atoms with E-state index in [1.54, 1.807) is 6.20 Å². The maximum absolute atomic E-state index is 5.20. The fourth-order valence-electron chi connectivity index (χ4n) is 7.59. The van der Waals surface area contributed by atoms with Crippen LogP contribution in [0, 0.1) is 0 Å². The van der Waals surface area contributed by atoms with E-state index in [0.717, 1.165) is 39.2 Å². The maximum atomic E-state index is 5.20. The fraction of sp³-hybridized carbons (Fsp3) is 0.0652. The Labute approximate surface area is 286 Å². The van der Waals surface area contributed by atoms with E-state index in [1.165, 1.54) is 44.2 Å². The number of hydrogen-bond acceptors (Lipinski definition) is 3. The highest BCUT2D eigenvalue weighted by Crippen LogP contribution is 2.54. The first-order chi connectivity index (χ1) is 24.0. The fourth-order valence-corrected chi connectivity index (χ4v) is 7.59. The summed E-state index contributed by atoms with van der Waals surface area (Å²) in [5, 5.41) is 2.61. The van der Waals surface area contributed by atoms with Crippen molar-refractivity contribution in [3.8, 4) is 67.3 Å². The molecule has 232 valence electrons. The Bertz CT molecular complexity index is 2520. The summed E-state index contributed by atoms with van der Waals surface area (Å²) in [6, 6.07) is 53.9. The molecule has 0 atom stereocenters. The molecule has 1 aliphatic rings. The minimum absolute atomic E-state index is 0.117. The lowest BCUT2D eigenvalue weighted by Gasteiger charge is -2.23. The molecule has 9 rings (SSSR count). The van der Waals surface area contributed by atoms with E-state index < -0.39 is 0 Å². The van der Waals surface area contributed by atoms with Crippen LogP contribution in [0.3, 0.4) is 0 Å². The highest BCUT2D eigenvalue weighted by molar-refractivity contribution is 6.01. The summed E-state index contributed by atoms with van der Waals surface area (Å²) in [6.07, 6.45) is 3.66. The van der Waals surface area contributed by atoms with Gasteiger partial charge in [-0.25, -0.2) is 9.97 Å². The summed E-state index contributed by atoms with van der Waals surface area (Å²) in [5.74, 6) is 0.683. The Morgan fingerprint density at radius 3 is 1.98 bits per heavy atom. The highest BCUT2D eigenvalue weighted by atomic mass is 14.9. The minimum atomic E-state index is -0.117. The van der Waals surface area contributed by atoms with Gasteiger partial charge in [0.15, 0.2) is 5.82 Å². The average molecular weight is 628 g/mol. The maximum Gasteiger partial charge on any atom is 0.160 e. The van der Waals surface area contributed by atoms with Gasteiger partial charge in [-0.3, -0.25) is 4.98 Å². The second kappa shape index (κ2) is 11.5. The molecule has 0 amide bonds. The van der Waals surface area contributed by atoms with Crippen molar-refractivity contribution in [3.05, 3.63) is 175 Å². The number of nitrogens with zero attached hydrogens (tertiary/aromatic N) is 3. The second-order valence-corrected chi connectivity index (χ2v) is 13.3. The minimum Gasteiger partial charge on any atom is -0.264 e. The van der Waals surface area contributed by atoms with Gasteiger partial charge in [0.25, 0.3) is 0 Å². The van der Waals surface area contributed by atoms with E-state index in [1.807, 2.05) is 18.3 Å². The molecule has 0 radical (unpaired) electrons. The summed E-state index contributed by atoms with van der Waals surface area (Å²) in [5.41, 5.74) is 14.7. The van der Waals surface area contributed by atoms with Crippen molar-refractivity contribution in [1.29, 1.82) is 0 Å². The van der Waals surface area contributed by atoms with E-state index in [0.29, 0.717) is 5.82 Å². The Kier molecular flexibility index (Phi) is 6.80. The predicted octanol–water partition coefficient (Wildman–Crippen LogP) is 11.7. The summed E-state index contributed by atoms with van der Waals surface area (Å²) >= 11 is 0. The summed E-state index contributed by atoms with van der Waals surface area (Å²) in [6.45, 7) is 4.72. The Morgan fingerprint density at radius 2 is 1.14 bits per heavy atom. The van der Waals surface area contributed by atoms with Crippen LogP contribution < -0.4 is 0 Å². The first-order valence-electron chi connectivity index (χ1n) is 16.8. The third-order valence-electron chi connectivity index (χ3n) is 9.94. The average Bonchev–Trinajstić information content (AvgIpc) is 3.42. The molecular weight excluding hydrogens is 595 g/mol. The number of fused-ring (bicyclic) bond motifs is 5. The largest absolute Gasteiger partial charge is 0.264 e. The van der Waals surface area contributed by atoms with Gasteiger partial charge in [0.2, 0.25) is 0 Å². The number of benzene rings is 6. The van der Waals surface area contributed by atoms with Gasteiger partial charge in [-0.2, -0.15) is 0 Å². The van der Waals surface area contributed by atoms with Gasteiger partial charge in [0, 0.05) is 34.5 Å².